The van der Waals surface area contributed by atoms with Crippen LogP contribution in [0.2, 0.25) is 0 Å². The summed E-state index contributed by atoms with van der Waals surface area (Å²) in [4.78, 5) is 0. The molecule has 0 atom stereocenters. The van der Waals surface area contributed by atoms with Crippen molar-refractivity contribution in [2.45, 2.75) is 13.5 Å². The standard InChI is InChI=1S/C10H15NO2.ClH/c1-3-11-7-8-4-5-9(12)10(6-8)13-2;/h4-6,11-12H,3,7H2,1-2H3;1H. The van der Waals surface area contributed by atoms with Gasteiger partial charge in [-0.1, -0.05) is 13.0 Å². The van der Waals surface area contributed by atoms with Crippen LogP contribution in [0.4, 0.5) is 0 Å². The molecule has 80 valence electrons. The Bertz CT molecular complexity index is 279. The van der Waals surface area contributed by atoms with Crippen molar-refractivity contribution in [3.8, 4) is 11.5 Å². The van der Waals surface area contributed by atoms with Crippen molar-refractivity contribution in [3.63, 3.8) is 0 Å². The molecule has 0 aliphatic carbocycles. The van der Waals surface area contributed by atoms with Crippen LogP contribution in [0.25, 0.3) is 0 Å². The second-order valence-electron chi connectivity index (χ2n) is 2.79. The smallest absolute Gasteiger partial charge is 0.160 e. The first-order chi connectivity index (χ1) is 6.27. The molecule has 3 nitrogen and oxygen atoms in total. The van der Waals surface area contributed by atoms with E-state index in [0.717, 1.165) is 18.7 Å². The van der Waals surface area contributed by atoms with E-state index in [2.05, 4.69) is 12.2 Å². The molecule has 14 heavy (non-hydrogen) atoms. The van der Waals surface area contributed by atoms with E-state index in [9.17, 15) is 5.11 Å². The van der Waals surface area contributed by atoms with Crippen LogP contribution in [0.3, 0.4) is 0 Å². The monoisotopic (exact) mass is 217 g/mol. The molecule has 0 fully saturated rings. The number of methoxy groups -OCH3 is 1. The number of ether oxygens (including phenoxy) is 1. The maximum Gasteiger partial charge on any atom is 0.160 e. The van der Waals surface area contributed by atoms with E-state index in [1.807, 2.05) is 12.1 Å². The minimum absolute atomic E-state index is 0. The Balaban J connectivity index is 0.00000169. The van der Waals surface area contributed by atoms with Crippen LogP contribution in [0.1, 0.15) is 12.5 Å². The third-order valence-electron chi connectivity index (χ3n) is 1.82. The number of aromatic hydroxyl groups is 1. The summed E-state index contributed by atoms with van der Waals surface area (Å²) < 4.78 is 4.99. The maximum atomic E-state index is 9.31. The van der Waals surface area contributed by atoms with Crippen molar-refractivity contribution in [1.29, 1.82) is 0 Å². The first-order valence-electron chi connectivity index (χ1n) is 4.34. The lowest BCUT2D eigenvalue weighted by molar-refractivity contribution is 0.373. The number of nitrogens with one attached hydrogen (secondary N) is 1. The van der Waals surface area contributed by atoms with Gasteiger partial charge in [0.15, 0.2) is 11.5 Å². The molecule has 0 amide bonds. The van der Waals surface area contributed by atoms with Gasteiger partial charge in [-0.25, -0.2) is 0 Å². The van der Waals surface area contributed by atoms with Gasteiger partial charge < -0.3 is 15.2 Å². The van der Waals surface area contributed by atoms with E-state index in [-0.39, 0.29) is 18.2 Å². The minimum Gasteiger partial charge on any atom is -0.504 e. The van der Waals surface area contributed by atoms with Crippen LogP contribution >= 0.6 is 12.4 Å². The van der Waals surface area contributed by atoms with Gasteiger partial charge in [0.2, 0.25) is 0 Å². The van der Waals surface area contributed by atoms with Gasteiger partial charge in [0.25, 0.3) is 0 Å². The Labute approximate surface area is 90.5 Å². The molecule has 0 aliphatic heterocycles. The Hall–Kier alpha value is -0.930. The van der Waals surface area contributed by atoms with E-state index in [1.54, 1.807) is 13.2 Å². The second kappa shape index (κ2) is 6.51. The largest absolute Gasteiger partial charge is 0.504 e. The quantitative estimate of drug-likeness (QED) is 0.810. The lowest BCUT2D eigenvalue weighted by Gasteiger charge is -2.06. The SMILES string of the molecule is CCNCc1ccc(O)c(OC)c1.Cl. The normalized spacial score (nSPS) is 9.29. The van der Waals surface area contributed by atoms with Gasteiger partial charge in [-0.15, -0.1) is 12.4 Å². The van der Waals surface area contributed by atoms with Crippen molar-refractivity contribution in [2.75, 3.05) is 13.7 Å². The topological polar surface area (TPSA) is 41.5 Å². The molecular formula is C10H16ClNO2. The molecule has 0 heterocycles. The molecule has 0 spiro atoms. The third-order valence-corrected chi connectivity index (χ3v) is 1.82. The number of benzene rings is 1. The van der Waals surface area contributed by atoms with E-state index in [0.29, 0.717) is 5.75 Å². The fraction of sp³-hybridized carbons (Fsp3) is 0.400. The molecule has 0 unspecified atom stereocenters. The highest BCUT2D eigenvalue weighted by molar-refractivity contribution is 5.85. The average Bonchev–Trinajstić information content (AvgIpc) is 2.16. The van der Waals surface area contributed by atoms with Gasteiger partial charge >= 0.3 is 0 Å². The predicted molar refractivity (Wildman–Crippen MR) is 59.3 cm³/mol. The number of hydrogen-bond acceptors (Lipinski definition) is 3. The van der Waals surface area contributed by atoms with Gasteiger partial charge in [-0.05, 0) is 24.2 Å². The third kappa shape index (κ3) is 3.44. The van der Waals surface area contributed by atoms with Crippen LogP contribution in [-0.4, -0.2) is 18.8 Å². The molecule has 1 aromatic carbocycles. The second-order valence-corrected chi connectivity index (χ2v) is 2.79. The maximum absolute atomic E-state index is 9.31. The Morgan fingerprint density at radius 2 is 2.14 bits per heavy atom. The van der Waals surface area contributed by atoms with Crippen LogP contribution in [0.15, 0.2) is 18.2 Å². The average molecular weight is 218 g/mol. The highest BCUT2D eigenvalue weighted by Crippen LogP contribution is 2.25. The molecular weight excluding hydrogens is 202 g/mol. The number of hydrogen-bond donors (Lipinski definition) is 2. The zero-order valence-electron chi connectivity index (χ0n) is 8.41. The molecule has 0 saturated heterocycles. The number of phenols is 1. The first-order valence-corrected chi connectivity index (χ1v) is 4.34. The molecule has 1 rings (SSSR count). The highest BCUT2D eigenvalue weighted by atomic mass is 35.5. The van der Waals surface area contributed by atoms with Crippen LogP contribution in [-0.2, 0) is 6.54 Å². The summed E-state index contributed by atoms with van der Waals surface area (Å²) in [7, 11) is 1.55. The van der Waals surface area contributed by atoms with Gasteiger partial charge in [0, 0.05) is 6.54 Å². The Kier molecular flexibility index (Phi) is 6.08. The molecule has 1 aromatic rings. The molecule has 0 saturated carbocycles. The summed E-state index contributed by atoms with van der Waals surface area (Å²) in [5.41, 5.74) is 1.11. The first kappa shape index (κ1) is 13.1. The zero-order chi connectivity index (χ0) is 9.68. The number of rotatable bonds is 4. The fourth-order valence-corrected chi connectivity index (χ4v) is 1.10. The van der Waals surface area contributed by atoms with Crippen molar-refractivity contribution < 1.29 is 9.84 Å². The van der Waals surface area contributed by atoms with Crippen molar-refractivity contribution in [3.05, 3.63) is 23.8 Å². The Morgan fingerprint density at radius 3 is 2.71 bits per heavy atom. The van der Waals surface area contributed by atoms with Gasteiger partial charge in [0.05, 0.1) is 7.11 Å². The number of phenolic OH excluding ortho intramolecular Hbond substituents is 1. The summed E-state index contributed by atoms with van der Waals surface area (Å²) >= 11 is 0. The summed E-state index contributed by atoms with van der Waals surface area (Å²) in [5.74, 6) is 0.707. The summed E-state index contributed by atoms with van der Waals surface area (Å²) in [5, 5.41) is 12.5. The van der Waals surface area contributed by atoms with Gasteiger partial charge in [-0.2, -0.15) is 0 Å². The summed E-state index contributed by atoms with van der Waals surface area (Å²) in [6.45, 7) is 3.79. The predicted octanol–water partition coefficient (Wildman–Crippen LogP) is 1.93. The molecule has 0 aliphatic rings. The fourth-order valence-electron chi connectivity index (χ4n) is 1.10. The Morgan fingerprint density at radius 1 is 1.43 bits per heavy atom. The summed E-state index contributed by atoms with van der Waals surface area (Å²) in [6.07, 6.45) is 0. The molecule has 0 aromatic heterocycles. The summed E-state index contributed by atoms with van der Waals surface area (Å²) in [6, 6.07) is 5.35. The lowest BCUT2D eigenvalue weighted by Crippen LogP contribution is -2.11. The van der Waals surface area contributed by atoms with Gasteiger partial charge in [0.1, 0.15) is 0 Å². The van der Waals surface area contributed by atoms with Crippen molar-refractivity contribution in [1.82, 2.24) is 5.32 Å². The van der Waals surface area contributed by atoms with Crippen LogP contribution in [0, 0.1) is 0 Å². The molecule has 0 radical (unpaired) electrons. The van der Waals surface area contributed by atoms with Crippen LogP contribution < -0.4 is 10.1 Å². The van der Waals surface area contributed by atoms with Crippen LogP contribution in [0.5, 0.6) is 11.5 Å². The van der Waals surface area contributed by atoms with E-state index in [4.69, 9.17) is 4.74 Å². The molecule has 0 bridgehead atoms. The van der Waals surface area contributed by atoms with Gasteiger partial charge in [-0.3, -0.25) is 0 Å². The molecule has 2 N–H and O–H groups in total. The van der Waals surface area contributed by atoms with E-state index < -0.39 is 0 Å². The van der Waals surface area contributed by atoms with E-state index in [1.165, 1.54) is 0 Å². The number of halogens is 1. The lowest BCUT2D eigenvalue weighted by atomic mass is 10.2. The highest BCUT2D eigenvalue weighted by Gasteiger charge is 2.01. The zero-order valence-corrected chi connectivity index (χ0v) is 9.23. The molecule has 4 heteroatoms. The van der Waals surface area contributed by atoms with E-state index >= 15 is 0 Å². The van der Waals surface area contributed by atoms with Crippen molar-refractivity contribution >= 4 is 12.4 Å². The van der Waals surface area contributed by atoms with Crippen molar-refractivity contribution in [2.24, 2.45) is 0 Å². The minimum atomic E-state index is 0.